The van der Waals surface area contributed by atoms with Crippen molar-refractivity contribution in [2.75, 3.05) is 0 Å². The van der Waals surface area contributed by atoms with Gasteiger partial charge in [-0.3, -0.25) is 9.59 Å². The Kier molecular flexibility index (Phi) is 6.14. The van der Waals surface area contributed by atoms with E-state index in [0.29, 0.717) is 6.42 Å². The fourth-order valence-electron chi connectivity index (χ4n) is 0.890. The number of hydrogen-bond donors (Lipinski definition) is 1. The van der Waals surface area contributed by atoms with Gasteiger partial charge in [-0.25, -0.2) is 4.79 Å². The fourth-order valence-corrected chi connectivity index (χ4v) is 0.890. The summed E-state index contributed by atoms with van der Waals surface area (Å²) in [6.45, 7) is 4.59. The fraction of sp³-hybridized carbons (Fsp3) is 0.700. The average molecular weight is 232 g/mol. The average Bonchev–Trinajstić information content (AvgIpc) is 2.15. The summed E-state index contributed by atoms with van der Waals surface area (Å²) in [6.07, 6.45) is -1.69. The first-order chi connectivity index (χ1) is 7.36. The third-order valence-corrected chi connectivity index (χ3v) is 1.82. The first kappa shape index (κ1) is 14.4. The van der Waals surface area contributed by atoms with Crippen LogP contribution in [0.15, 0.2) is 0 Å². The van der Waals surface area contributed by atoms with Gasteiger partial charge in [-0.2, -0.15) is 0 Å². The van der Waals surface area contributed by atoms with Crippen LogP contribution in [0.1, 0.15) is 33.6 Å². The second-order valence-electron chi connectivity index (χ2n) is 3.35. The molecule has 0 saturated carbocycles. The minimum Gasteiger partial charge on any atom is -0.481 e. The van der Waals surface area contributed by atoms with E-state index >= 15 is 0 Å². The van der Waals surface area contributed by atoms with Gasteiger partial charge in [0.15, 0.2) is 0 Å². The second kappa shape index (κ2) is 6.81. The Morgan fingerprint density at radius 3 is 2.19 bits per heavy atom. The van der Waals surface area contributed by atoms with E-state index in [-0.39, 0.29) is 6.10 Å². The van der Waals surface area contributed by atoms with E-state index in [4.69, 9.17) is 9.84 Å². The summed E-state index contributed by atoms with van der Waals surface area (Å²) in [7, 11) is 0. The molecule has 16 heavy (non-hydrogen) atoms. The maximum Gasteiger partial charge on any atom is 0.348 e. The molecule has 0 rings (SSSR count). The lowest BCUT2D eigenvalue weighted by atomic mass is 10.2. The number of ether oxygens (including phenoxy) is 2. The van der Waals surface area contributed by atoms with Gasteiger partial charge in [0, 0.05) is 6.92 Å². The minimum absolute atomic E-state index is 0.334. The van der Waals surface area contributed by atoms with Crippen LogP contribution in [0.4, 0.5) is 0 Å². The van der Waals surface area contributed by atoms with Gasteiger partial charge in [0.2, 0.25) is 6.10 Å². The van der Waals surface area contributed by atoms with Gasteiger partial charge in [0.05, 0.1) is 12.5 Å². The molecule has 0 amide bonds. The van der Waals surface area contributed by atoms with Crippen LogP contribution < -0.4 is 0 Å². The van der Waals surface area contributed by atoms with Crippen LogP contribution in [0.25, 0.3) is 0 Å². The summed E-state index contributed by atoms with van der Waals surface area (Å²) < 4.78 is 9.46. The number of hydrogen-bond acceptors (Lipinski definition) is 5. The van der Waals surface area contributed by atoms with Crippen LogP contribution in [0, 0.1) is 0 Å². The highest BCUT2D eigenvalue weighted by molar-refractivity contribution is 5.83. The molecule has 6 nitrogen and oxygen atoms in total. The molecule has 0 aromatic rings. The third-order valence-electron chi connectivity index (χ3n) is 1.82. The summed E-state index contributed by atoms with van der Waals surface area (Å²) in [6, 6.07) is 0. The maximum absolute atomic E-state index is 11.4. The number of carboxylic acids is 1. The first-order valence-corrected chi connectivity index (χ1v) is 4.96. The van der Waals surface area contributed by atoms with Crippen LogP contribution in [-0.4, -0.2) is 35.2 Å². The molecule has 0 aromatic heterocycles. The first-order valence-electron chi connectivity index (χ1n) is 4.96. The molecule has 6 heteroatoms. The van der Waals surface area contributed by atoms with Crippen LogP contribution in [0.5, 0.6) is 0 Å². The molecule has 0 heterocycles. The standard InChI is InChI=1S/C10H16O6/c1-4-6(2)15-10(14)8(5-9(12)13)16-7(3)11/h6,8H,4-5H2,1-3H3,(H,12,13). The summed E-state index contributed by atoms with van der Waals surface area (Å²) in [5.74, 6) is -2.77. The Balaban J connectivity index is 4.42. The SMILES string of the molecule is CCC(C)OC(=O)C(CC(=O)O)OC(C)=O. The van der Waals surface area contributed by atoms with Crippen molar-refractivity contribution in [3.8, 4) is 0 Å². The normalized spacial score (nSPS) is 13.7. The Morgan fingerprint density at radius 2 is 1.81 bits per heavy atom. The molecule has 0 spiro atoms. The largest absolute Gasteiger partial charge is 0.481 e. The molecule has 0 aliphatic rings. The van der Waals surface area contributed by atoms with Crippen molar-refractivity contribution in [1.29, 1.82) is 0 Å². The number of rotatable bonds is 6. The van der Waals surface area contributed by atoms with Gasteiger partial charge in [-0.05, 0) is 13.3 Å². The molecule has 2 unspecified atom stereocenters. The van der Waals surface area contributed by atoms with E-state index in [9.17, 15) is 14.4 Å². The molecular formula is C10H16O6. The lowest BCUT2D eigenvalue weighted by molar-refractivity contribution is -0.172. The molecule has 0 radical (unpaired) electrons. The molecule has 1 N–H and O–H groups in total. The topological polar surface area (TPSA) is 89.9 Å². The molecule has 2 atom stereocenters. The van der Waals surface area contributed by atoms with Gasteiger partial charge in [-0.15, -0.1) is 0 Å². The van der Waals surface area contributed by atoms with Gasteiger partial charge in [0.25, 0.3) is 0 Å². The molecule has 92 valence electrons. The second-order valence-corrected chi connectivity index (χ2v) is 3.35. The predicted molar refractivity (Wildman–Crippen MR) is 53.7 cm³/mol. The zero-order valence-electron chi connectivity index (χ0n) is 9.56. The third kappa shape index (κ3) is 6.00. The summed E-state index contributed by atoms with van der Waals surface area (Å²) >= 11 is 0. The van der Waals surface area contributed by atoms with Crippen molar-refractivity contribution >= 4 is 17.9 Å². The van der Waals surface area contributed by atoms with E-state index in [1.165, 1.54) is 0 Å². The highest BCUT2D eigenvalue weighted by atomic mass is 16.6. The van der Waals surface area contributed by atoms with Crippen LogP contribution in [0.3, 0.4) is 0 Å². The summed E-state index contributed by atoms with van der Waals surface area (Å²) in [5, 5.41) is 8.54. The number of carbonyl (C=O) groups is 3. The summed E-state index contributed by atoms with van der Waals surface area (Å²) in [4.78, 5) is 32.5. The number of carboxylic acid groups (broad SMARTS) is 1. The van der Waals surface area contributed by atoms with E-state index in [2.05, 4.69) is 4.74 Å². The minimum atomic E-state index is -1.37. The monoisotopic (exact) mass is 232 g/mol. The maximum atomic E-state index is 11.4. The van der Waals surface area contributed by atoms with E-state index in [1.807, 2.05) is 6.92 Å². The zero-order valence-corrected chi connectivity index (χ0v) is 9.56. The van der Waals surface area contributed by atoms with Gasteiger partial charge < -0.3 is 14.6 Å². The highest BCUT2D eigenvalue weighted by Crippen LogP contribution is 2.06. The number of carbonyl (C=O) groups excluding carboxylic acids is 2. The van der Waals surface area contributed by atoms with E-state index in [0.717, 1.165) is 6.92 Å². The van der Waals surface area contributed by atoms with Crippen LogP contribution in [0.2, 0.25) is 0 Å². The van der Waals surface area contributed by atoms with Crippen molar-refractivity contribution in [1.82, 2.24) is 0 Å². The quantitative estimate of drug-likeness (QED) is 0.679. The molecule has 0 saturated heterocycles. The zero-order chi connectivity index (χ0) is 12.7. The van der Waals surface area contributed by atoms with Gasteiger partial charge in [0.1, 0.15) is 0 Å². The summed E-state index contributed by atoms with van der Waals surface area (Å²) in [5.41, 5.74) is 0. The lowest BCUT2D eigenvalue weighted by Crippen LogP contribution is -2.32. The van der Waals surface area contributed by atoms with Crippen molar-refractivity contribution < 1.29 is 29.0 Å². The van der Waals surface area contributed by atoms with Crippen LogP contribution >= 0.6 is 0 Å². The molecule has 0 aliphatic carbocycles. The Morgan fingerprint density at radius 1 is 1.25 bits per heavy atom. The Labute approximate surface area is 93.5 Å². The molecule has 0 fully saturated rings. The van der Waals surface area contributed by atoms with E-state index < -0.39 is 30.4 Å². The van der Waals surface area contributed by atoms with Gasteiger partial charge in [-0.1, -0.05) is 6.92 Å². The Bertz CT molecular complexity index is 256. The molecule has 0 bridgehead atoms. The molecule has 0 aromatic carbocycles. The van der Waals surface area contributed by atoms with Crippen molar-refractivity contribution in [2.24, 2.45) is 0 Å². The van der Waals surface area contributed by atoms with Crippen LogP contribution in [-0.2, 0) is 23.9 Å². The van der Waals surface area contributed by atoms with Crippen molar-refractivity contribution in [3.05, 3.63) is 0 Å². The van der Waals surface area contributed by atoms with Crippen molar-refractivity contribution in [2.45, 2.75) is 45.8 Å². The predicted octanol–water partition coefficient (Wildman–Crippen LogP) is 0.734. The molecule has 0 aliphatic heterocycles. The van der Waals surface area contributed by atoms with Gasteiger partial charge >= 0.3 is 17.9 Å². The van der Waals surface area contributed by atoms with E-state index in [1.54, 1.807) is 6.92 Å². The van der Waals surface area contributed by atoms with Crippen molar-refractivity contribution in [3.63, 3.8) is 0 Å². The smallest absolute Gasteiger partial charge is 0.348 e. The molecular weight excluding hydrogens is 216 g/mol. The lowest BCUT2D eigenvalue weighted by Gasteiger charge is -2.17. The highest BCUT2D eigenvalue weighted by Gasteiger charge is 2.27. The Hall–Kier alpha value is -1.59. The number of aliphatic carboxylic acids is 1. The number of esters is 2.